The number of nitrogens with zero attached hydrogens (tertiary/aromatic N) is 2. The number of rotatable bonds is 1. The maximum absolute atomic E-state index is 12.7. The lowest BCUT2D eigenvalue weighted by Gasteiger charge is -2.19. The first kappa shape index (κ1) is 13.5. The number of aromatic nitrogens is 1. The Morgan fingerprint density at radius 2 is 2.14 bits per heavy atom. The van der Waals surface area contributed by atoms with Crippen molar-refractivity contribution < 1.29 is 9.59 Å². The first-order chi connectivity index (χ1) is 10.1. The van der Waals surface area contributed by atoms with Crippen molar-refractivity contribution in [2.75, 3.05) is 32.4 Å². The largest absolute Gasteiger partial charge is 0.399 e. The van der Waals surface area contributed by atoms with Gasteiger partial charge in [0.1, 0.15) is 6.54 Å². The molecule has 0 radical (unpaired) electrons. The van der Waals surface area contributed by atoms with E-state index in [9.17, 15) is 9.59 Å². The molecule has 0 saturated carbocycles. The summed E-state index contributed by atoms with van der Waals surface area (Å²) in [7, 11) is 1.77. The van der Waals surface area contributed by atoms with Crippen LogP contribution in [0.25, 0.3) is 10.9 Å². The van der Waals surface area contributed by atoms with Gasteiger partial charge in [0.15, 0.2) is 0 Å². The van der Waals surface area contributed by atoms with Gasteiger partial charge < -0.3 is 20.5 Å². The predicted molar refractivity (Wildman–Crippen MR) is 80.9 cm³/mol. The second-order valence-electron chi connectivity index (χ2n) is 5.40. The molecule has 0 aliphatic carbocycles. The highest BCUT2D eigenvalue weighted by atomic mass is 16.2. The average molecular weight is 286 g/mol. The highest BCUT2D eigenvalue weighted by Crippen LogP contribution is 2.22. The van der Waals surface area contributed by atoms with Crippen LogP contribution in [0.5, 0.6) is 0 Å². The fourth-order valence-electron chi connectivity index (χ4n) is 2.65. The third-order valence-electron chi connectivity index (χ3n) is 3.90. The number of benzene rings is 1. The first-order valence-corrected chi connectivity index (χ1v) is 6.96. The quantitative estimate of drug-likeness (QED) is 0.769. The van der Waals surface area contributed by atoms with Gasteiger partial charge in [0, 0.05) is 42.9 Å². The van der Waals surface area contributed by atoms with E-state index >= 15 is 0 Å². The van der Waals surface area contributed by atoms with Gasteiger partial charge in [-0.05, 0) is 24.6 Å². The van der Waals surface area contributed by atoms with Crippen LogP contribution in [0.3, 0.4) is 0 Å². The lowest BCUT2D eigenvalue weighted by Crippen LogP contribution is -2.37. The van der Waals surface area contributed by atoms with Crippen molar-refractivity contribution in [2.24, 2.45) is 0 Å². The number of fused-ring (bicyclic) bond motifs is 1. The summed E-state index contributed by atoms with van der Waals surface area (Å²) in [6.07, 6.45) is 2.48. The Morgan fingerprint density at radius 3 is 2.95 bits per heavy atom. The molecule has 0 bridgehead atoms. The zero-order valence-corrected chi connectivity index (χ0v) is 11.9. The number of nitrogen functional groups attached to an aromatic ring is 1. The van der Waals surface area contributed by atoms with Crippen LogP contribution in [0.1, 0.15) is 16.8 Å². The number of nitrogens with two attached hydrogens (primary N) is 1. The molecule has 21 heavy (non-hydrogen) atoms. The van der Waals surface area contributed by atoms with Crippen molar-refractivity contribution >= 4 is 28.4 Å². The summed E-state index contributed by atoms with van der Waals surface area (Å²) in [6.45, 7) is 1.40. The van der Waals surface area contributed by atoms with E-state index in [-0.39, 0.29) is 18.4 Å². The van der Waals surface area contributed by atoms with E-state index in [1.165, 1.54) is 0 Å². The lowest BCUT2D eigenvalue weighted by molar-refractivity contribution is -0.129. The number of nitrogens with one attached hydrogen (secondary N) is 1. The SMILES string of the molecule is CN1CCCN(C(=O)c2c[nH]c3ccc(N)cc23)CC1=O. The first-order valence-electron chi connectivity index (χ1n) is 6.96. The van der Waals surface area contributed by atoms with E-state index in [0.29, 0.717) is 24.3 Å². The van der Waals surface area contributed by atoms with Crippen LogP contribution in [-0.2, 0) is 4.79 Å². The maximum atomic E-state index is 12.7. The normalized spacial score (nSPS) is 16.3. The molecule has 3 rings (SSSR count). The zero-order chi connectivity index (χ0) is 15.0. The fourth-order valence-corrected chi connectivity index (χ4v) is 2.65. The molecule has 1 aliphatic rings. The second-order valence-corrected chi connectivity index (χ2v) is 5.40. The molecule has 0 atom stereocenters. The molecule has 1 aliphatic heterocycles. The van der Waals surface area contributed by atoms with Gasteiger partial charge in [-0.25, -0.2) is 0 Å². The number of amides is 2. The lowest BCUT2D eigenvalue weighted by atomic mass is 10.1. The van der Waals surface area contributed by atoms with Crippen molar-refractivity contribution in [3.63, 3.8) is 0 Å². The second kappa shape index (κ2) is 5.12. The maximum Gasteiger partial charge on any atom is 0.256 e. The van der Waals surface area contributed by atoms with Crippen LogP contribution >= 0.6 is 0 Å². The minimum Gasteiger partial charge on any atom is -0.399 e. The third kappa shape index (κ3) is 2.44. The number of aromatic amines is 1. The summed E-state index contributed by atoms with van der Waals surface area (Å²) >= 11 is 0. The van der Waals surface area contributed by atoms with Crippen molar-refractivity contribution in [3.05, 3.63) is 30.0 Å². The van der Waals surface area contributed by atoms with Crippen LogP contribution in [0.4, 0.5) is 5.69 Å². The van der Waals surface area contributed by atoms with Gasteiger partial charge in [-0.2, -0.15) is 0 Å². The molecule has 2 amide bonds. The van der Waals surface area contributed by atoms with E-state index in [1.807, 2.05) is 6.07 Å². The molecule has 6 nitrogen and oxygen atoms in total. The summed E-state index contributed by atoms with van der Waals surface area (Å²) < 4.78 is 0. The molecular weight excluding hydrogens is 268 g/mol. The van der Waals surface area contributed by atoms with Crippen LogP contribution in [-0.4, -0.2) is 53.3 Å². The van der Waals surface area contributed by atoms with Crippen LogP contribution in [0.2, 0.25) is 0 Å². The van der Waals surface area contributed by atoms with Crippen LogP contribution < -0.4 is 5.73 Å². The molecule has 110 valence electrons. The Bertz CT molecular complexity index is 707. The predicted octanol–water partition coefficient (Wildman–Crippen LogP) is 1.05. The van der Waals surface area contributed by atoms with E-state index < -0.39 is 0 Å². The molecule has 0 unspecified atom stereocenters. The Hall–Kier alpha value is -2.50. The standard InChI is InChI=1S/C15H18N4O2/c1-18-5-2-6-19(9-14(18)20)15(21)12-8-17-13-4-3-10(16)7-11(12)13/h3-4,7-8,17H,2,5-6,9,16H2,1H3. The Kier molecular flexibility index (Phi) is 3.29. The minimum absolute atomic E-state index is 0.0276. The molecule has 3 N–H and O–H groups in total. The Balaban J connectivity index is 1.93. The summed E-state index contributed by atoms with van der Waals surface area (Å²) in [5.41, 5.74) is 7.84. The van der Waals surface area contributed by atoms with Gasteiger partial charge in [-0.1, -0.05) is 0 Å². The number of carbonyl (C=O) groups excluding carboxylic acids is 2. The Morgan fingerprint density at radius 1 is 1.33 bits per heavy atom. The summed E-state index contributed by atoms with van der Waals surface area (Å²) in [4.78, 5) is 31.0. The van der Waals surface area contributed by atoms with Crippen molar-refractivity contribution in [1.29, 1.82) is 0 Å². The topological polar surface area (TPSA) is 82.4 Å². The molecule has 1 aromatic carbocycles. The van der Waals surface area contributed by atoms with Gasteiger partial charge in [0.25, 0.3) is 5.91 Å². The van der Waals surface area contributed by atoms with E-state index in [4.69, 9.17) is 5.73 Å². The monoisotopic (exact) mass is 286 g/mol. The smallest absolute Gasteiger partial charge is 0.256 e. The average Bonchev–Trinajstić information content (AvgIpc) is 2.79. The highest BCUT2D eigenvalue weighted by Gasteiger charge is 2.25. The van der Waals surface area contributed by atoms with Gasteiger partial charge in [0.2, 0.25) is 5.91 Å². The summed E-state index contributed by atoms with van der Waals surface area (Å²) in [6, 6.07) is 5.42. The number of hydrogen-bond acceptors (Lipinski definition) is 3. The number of carbonyl (C=O) groups is 2. The van der Waals surface area contributed by atoms with Gasteiger partial charge in [-0.3, -0.25) is 9.59 Å². The van der Waals surface area contributed by atoms with Crippen LogP contribution in [0.15, 0.2) is 24.4 Å². The van der Waals surface area contributed by atoms with E-state index in [2.05, 4.69) is 4.98 Å². The van der Waals surface area contributed by atoms with Gasteiger partial charge in [0.05, 0.1) is 5.56 Å². The number of anilines is 1. The summed E-state index contributed by atoms with van der Waals surface area (Å²) in [5, 5.41) is 0.796. The molecule has 1 saturated heterocycles. The number of hydrogen-bond donors (Lipinski definition) is 2. The third-order valence-corrected chi connectivity index (χ3v) is 3.90. The Labute approximate surface area is 122 Å². The highest BCUT2D eigenvalue weighted by molar-refractivity contribution is 6.08. The number of likely N-dealkylation sites (N-methyl/N-ethyl adjacent to an activating group) is 1. The molecule has 2 heterocycles. The number of H-pyrrole nitrogens is 1. The van der Waals surface area contributed by atoms with Gasteiger partial charge >= 0.3 is 0 Å². The molecule has 0 spiro atoms. The van der Waals surface area contributed by atoms with Crippen molar-refractivity contribution in [3.8, 4) is 0 Å². The molecule has 1 fully saturated rings. The zero-order valence-electron chi connectivity index (χ0n) is 11.9. The molecule has 2 aromatic rings. The van der Waals surface area contributed by atoms with Crippen molar-refractivity contribution in [1.82, 2.24) is 14.8 Å². The van der Waals surface area contributed by atoms with Crippen LogP contribution in [0, 0.1) is 0 Å². The minimum atomic E-state index is -0.129. The van der Waals surface area contributed by atoms with E-state index in [0.717, 1.165) is 17.3 Å². The summed E-state index contributed by atoms with van der Waals surface area (Å²) in [5.74, 6) is -0.157. The molecular formula is C15H18N4O2. The fraction of sp³-hybridized carbons (Fsp3) is 0.333. The van der Waals surface area contributed by atoms with Crippen molar-refractivity contribution in [2.45, 2.75) is 6.42 Å². The van der Waals surface area contributed by atoms with Gasteiger partial charge in [-0.15, -0.1) is 0 Å². The van der Waals surface area contributed by atoms with E-state index in [1.54, 1.807) is 35.2 Å². The molecule has 1 aromatic heterocycles. The molecule has 6 heteroatoms.